The molecule has 3 aromatic rings. The van der Waals surface area contributed by atoms with Gasteiger partial charge in [-0.05, 0) is 74.7 Å². The van der Waals surface area contributed by atoms with E-state index in [2.05, 4.69) is 11.0 Å². The van der Waals surface area contributed by atoms with Crippen LogP contribution in [0.15, 0.2) is 48.5 Å². The zero-order valence-electron chi connectivity index (χ0n) is 25.7. The quantitative estimate of drug-likeness (QED) is 0.263. The molecule has 2 aromatic carbocycles. The van der Waals surface area contributed by atoms with Gasteiger partial charge in [0.25, 0.3) is 5.91 Å². The molecule has 48 heavy (non-hydrogen) atoms. The lowest BCUT2D eigenvalue weighted by Crippen LogP contribution is -2.63. The number of nitrogens with zero attached hydrogens (tertiary/aromatic N) is 4. The number of primary amides is 1. The van der Waals surface area contributed by atoms with Crippen LogP contribution < -0.4 is 5.73 Å². The summed E-state index contributed by atoms with van der Waals surface area (Å²) < 4.78 is 33.6. The van der Waals surface area contributed by atoms with Gasteiger partial charge in [-0.3, -0.25) is 14.5 Å². The molecule has 15 heteroatoms. The molecule has 5 rings (SSSR count). The maximum absolute atomic E-state index is 14.2. The first-order chi connectivity index (χ1) is 22.7. The van der Waals surface area contributed by atoms with E-state index in [1.54, 1.807) is 29.2 Å². The number of likely N-dealkylation sites (tertiary alicyclic amines) is 2. The van der Waals surface area contributed by atoms with Gasteiger partial charge in [-0.1, -0.05) is 59.4 Å². The third-order valence-corrected chi connectivity index (χ3v) is 9.44. The number of aromatic nitrogens is 1. The molecule has 9 nitrogen and oxygen atoms in total. The molecule has 0 spiro atoms. The molecule has 0 saturated carbocycles. The average molecular weight is 727 g/mol. The zero-order valence-corrected chi connectivity index (χ0v) is 28.0. The summed E-state index contributed by atoms with van der Waals surface area (Å²) in [7, 11) is 0. The van der Waals surface area contributed by atoms with Crippen LogP contribution in [0.3, 0.4) is 0 Å². The SMILES string of the molecule is N#CCCn1c(C(=O)N2CCC(C(N)=O)(N3CCCCC3)CC2)cc(-c2ccc(Cl)cc2Cl)c1-c1ccc(Cl)cc1.O=C(O)C(F)(F)F. The first-order valence-electron chi connectivity index (χ1n) is 15.2. The standard InChI is InChI=1S/C31H32Cl3N5O2.C2HF3O2/c32-22-7-5-21(6-8-22)28-25(24-10-9-23(33)19-26(24)34)20-27(39(28)16-4-13-35)29(40)37-17-11-31(12-18-37,30(36)41)38-14-2-1-3-15-38;3-2(4,5)1(6)7/h5-10,19-20H,1-4,11-12,14-18H2,(H2,36,41);(H,6,7). The number of amides is 2. The van der Waals surface area contributed by atoms with Crippen molar-refractivity contribution in [1.29, 1.82) is 5.26 Å². The summed E-state index contributed by atoms with van der Waals surface area (Å²) >= 11 is 19.1. The van der Waals surface area contributed by atoms with E-state index in [0.717, 1.165) is 54.7 Å². The number of carbonyl (C=O) groups is 3. The topological polar surface area (TPSA) is 133 Å². The predicted octanol–water partition coefficient (Wildman–Crippen LogP) is 7.28. The lowest BCUT2D eigenvalue weighted by atomic mass is 9.83. The van der Waals surface area contributed by atoms with Crippen molar-refractivity contribution in [2.45, 2.75) is 56.8 Å². The van der Waals surface area contributed by atoms with Gasteiger partial charge in [0.2, 0.25) is 5.91 Å². The van der Waals surface area contributed by atoms with E-state index in [9.17, 15) is 28.0 Å². The molecule has 3 N–H and O–H groups in total. The highest BCUT2D eigenvalue weighted by Crippen LogP contribution is 2.41. The molecule has 0 aliphatic carbocycles. The number of rotatable bonds is 7. The maximum atomic E-state index is 14.2. The summed E-state index contributed by atoms with van der Waals surface area (Å²) in [6.45, 7) is 2.84. The van der Waals surface area contributed by atoms with Crippen molar-refractivity contribution >= 4 is 52.6 Å². The number of hydrogen-bond acceptors (Lipinski definition) is 5. The molecule has 2 amide bonds. The second kappa shape index (κ2) is 15.6. The van der Waals surface area contributed by atoms with Crippen LogP contribution in [0.25, 0.3) is 22.4 Å². The van der Waals surface area contributed by atoms with E-state index in [-0.39, 0.29) is 18.2 Å². The van der Waals surface area contributed by atoms with Crippen molar-refractivity contribution in [3.8, 4) is 28.5 Å². The second-order valence-corrected chi connectivity index (χ2v) is 12.8. The Hall–Kier alpha value is -3.76. The van der Waals surface area contributed by atoms with Crippen molar-refractivity contribution < 1.29 is 32.7 Å². The van der Waals surface area contributed by atoms with E-state index in [1.165, 1.54) is 0 Å². The average Bonchev–Trinajstić information content (AvgIpc) is 3.42. The largest absolute Gasteiger partial charge is 0.490 e. The lowest BCUT2D eigenvalue weighted by molar-refractivity contribution is -0.192. The number of hydrogen-bond donors (Lipinski definition) is 2. The molecule has 2 saturated heterocycles. The van der Waals surface area contributed by atoms with Crippen molar-refractivity contribution in [2.75, 3.05) is 26.2 Å². The monoisotopic (exact) mass is 725 g/mol. The molecular formula is C33H33Cl3F3N5O4. The van der Waals surface area contributed by atoms with Gasteiger partial charge in [-0.15, -0.1) is 0 Å². The van der Waals surface area contributed by atoms with Crippen LogP contribution >= 0.6 is 34.8 Å². The van der Waals surface area contributed by atoms with Crippen molar-refractivity contribution in [3.05, 3.63) is 69.3 Å². The van der Waals surface area contributed by atoms with Crippen LogP contribution in [0.1, 0.15) is 49.0 Å². The van der Waals surface area contributed by atoms with E-state index in [4.69, 9.17) is 50.4 Å². The minimum Gasteiger partial charge on any atom is -0.475 e. The van der Waals surface area contributed by atoms with Gasteiger partial charge in [0.05, 0.1) is 18.2 Å². The summed E-state index contributed by atoms with van der Waals surface area (Å²) in [5.74, 6) is -3.23. The number of aliphatic carboxylic acids is 1. The van der Waals surface area contributed by atoms with E-state index in [1.807, 2.05) is 28.8 Å². The van der Waals surface area contributed by atoms with Gasteiger partial charge in [0.15, 0.2) is 0 Å². The fourth-order valence-corrected chi connectivity index (χ4v) is 6.87. The number of nitrogens with two attached hydrogens (primary N) is 1. The molecule has 3 heterocycles. The fraction of sp³-hybridized carbons (Fsp3) is 0.394. The maximum Gasteiger partial charge on any atom is 0.490 e. The Morgan fingerprint density at radius 2 is 1.48 bits per heavy atom. The number of benzene rings is 2. The Morgan fingerprint density at radius 3 is 2.00 bits per heavy atom. The molecule has 2 fully saturated rings. The Kier molecular flexibility index (Phi) is 12.1. The minimum absolute atomic E-state index is 0.161. The number of carboxylic acids is 1. The number of nitriles is 1. The number of alkyl halides is 3. The number of halogens is 6. The molecule has 0 radical (unpaired) electrons. The highest BCUT2D eigenvalue weighted by molar-refractivity contribution is 6.36. The number of carbonyl (C=O) groups excluding carboxylic acids is 2. The van der Waals surface area contributed by atoms with Crippen LogP contribution in [0.5, 0.6) is 0 Å². The Morgan fingerprint density at radius 1 is 0.896 bits per heavy atom. The fourth-order valence-electron chi connectivity index (χ4n) is 6.23. The van der Waals surface area contributed by atoms with Gasteiger partial charge < -0.3 is 20.3 Å². The Balaban J connectivity index is 0.000000671. The third-order valence-electron chi connectivity index (χ3n) is 8.64. The molecule has 2 aliphatic heterocycles. The lowest BCUT2D eigenvalue weighted by Gasteiger charge is -2.48. The molecule has 0 unspecified atom stereocenters. The van der Waals surface area contributed by atoms with Gasteiger partial charge in [0, 0.05) is 45.8 Å². The van der Waals surface area contributed by atoms with E-state index in [0.29, 0.717) is 53.2 Å². The summed E-state index contributed by atoms with van der Waals surface area (Å²) in [5.41, 5.74) is 8.79. The molecule has 0 atom stereocenters. The normalized spacial score (nSPS) is 16.4. The molecule has 256 valence electrons. The summed E-state index contributed by atoms with van der Waals surface area (Å²) in [5, 5.41) is 18.1. The summed E-state index contributed by atoms with van der Waals surface area (Å²) in [6.07, 6.45) is -0.629. The van der Waals surface area contributed by atoms with Crippen LogP contribution in [0, 0.1) is 11.3 Å². The smallest absolute Gasteiger partial charge is 0.475 e. The zero-order chi connectivity index (χ0) is 35.2. The minimum atomic E-state index is -5.08. The van der Waals surface area contributed by atoms with Crippen LogP contribution in [-0.4, -0.2) is 75.2 Å². The van der Waals surface area contributed by atoms with Crippen LogP contribution in [0.2, 0.25) is 15.1 Å². The van der Waals surface area contributed by atoms with Gasteiger partial charge in [-0.25, -0.2) is 4.79 Å². The van der Waals surface area contributed by atoms with Gasteiger partial charge in [-0.2, -0.15) is 18.4 Å². The summed E-state index contributed by atoms with van der Waals surface area (Å²) in [6, 6.07) is 16.7. The van der Waals surface area contributed by atoms with E-state index >= 15 is 0 Å². The molecule has 2 aliphatic rings. The first kappa shape index (κ1) is 37.1. The molecular weight excluding hydrogens is 694 g/mol. The van der Waals surface area contributed by atoms with Crippen molar-refractivity contribution in [1.82, 2.24) is 14.4 Å². The second-order valence-electron chi connectivity index (χ2n) is 11.5. The van der Waals surface area contributed by atoms with Crippen LogP contribution in [0.4, 0.5) is 13.2 Å². The number of piperidine rings is 2. The Labute approximate surface area is 290 Å². The predicted molar refractivity (Wildman–Crippen MR) is 177 cm³/mol. The first-order valence-corrected chi connectivity index (χ1v) is 16.3. The molecule has 1 aromatic heterocycles. The Bertz CT molecular complexity index is 1690. The van der Waals surface area contributed by atoms with Crippen molar-refractivity contribution in [2.24, 2.45) is 5.73 Å². The third kappa shape index (κ3) is 8.26. The van der Waals surface area contributed by atoms with Crippen molar-refractivity contribution in [3.63, 3.8) is 0 Å². The van der Waals surface area contributed by atoms with Gasteiger partial charge in [0.1, 0.15) is 11.2 Å². The van der Waals surface area contributed by atoms with E-state index < -0.39 is 17.7 Å². The van der Waals surface area contributed by atoms with Crippen LogP contribution in [-0.2, 0) is 16.1 Å². The van der Waals surface area contributed by atoms with Gasteiger partial charge >= 0.3 is 12.1 Å². The highest BCUT2D eigenvalue weighted by atomic mass is 35.5. The number of carboxylic acid groups (broad SMARTS) is 1. The summed E-state index contributed by atoms with van der Waals surface area (Å²) in [4.78, 5) is 39.8. The molecule has 0 bridgehead atoms. The highest BCUT2D eigenvalue weighted by Gasteiger charge is 2.46.